The first kappa shape index (κ1) is 24.8. The molecule has 0 heterocycles. The highest BCUT2D eigenvalue weighted by Gasteiger charge is 2.15. The second-order valence-corrected chi connectivity index (χ2v) is 8.54. The monoisotopic (exact) mass is 442 g/mol. The minimum Gasteiger partial charge on any atom is -0.426 e. The third-order valence-electron chi connectivity index (χ3n) is 4.64. The van der Waals surface area contributed by atoms with Crippen molar-refractivity contribution in [2.24, 2.45) is 0 Å². The van der Waals surface area contributed by atoms with E-state index in [0.29, 0.717) is 25.3 Å². The molecule has 0 aromatic heterocycles. The lowest BCUT2D eigenvalue weighted by molar-refractivity contribution is -0.134. The molecule has 2 amide bonds. The van der Waals surface area contributed by atoms with E-state index < -0.39 is 0 Å². The van der Waals surface area contributed by atoms with E-state index in [1.165, 1.54) is 0 Å². The number of rotatable bonds is 12. The van der Waals surface area contributed by atoms with Gasteiger partial charge in [0.15, 0.2) is 0 Å². The number of nitrogens with one attached hydrogen (secondary N) is 1. The van der Waals surface area contributed by atoms with Crippen LogP contribution in [0.2, 0.25) is 0 Å². The van der Waals surface area contributed by atoms with Crippen LogP contribution in [0.4, 0.5) is 10.5 Å². The second-order valence-electron chi connectivity index (χ2n) is 7.39. The first-order valence-electron chi connectivity index (χ1n) is 11.2. The molecule has 0 aliphatic heterocycles. The standard InChI is InChI=1S/C25H34N2O3S/c1-4-7-16-26-25(29)27(17-8-5-2)20-12-9-14-22(18-20)31-23-15-10-13-21(19-23)30-24(28)11-6-3/h9-10,12-15,18-19H,4-8,11,16-17H2,1-3H3,(H,26,29). The van der Waals surface area contributed by atoms with Crippen LogP contribution in [0, 0.1) is 0 Å². The Labute approximate surface area is 190 Å². The van der Waals surface area contributed by atoms with E-state index in [9.17, 15) is 9.59 Å². The number of esters is 1. The number of nitrogens with zero attached hydrogens (tertiary/aromatic N) is 1. The maximum atomic E-state index is 12.8. The summed E-state index contributed by atoms with van der Waals surface area (Å²) in [5.41, 5.74) is 0.887. The summed E-state index contributed by atoms with van der Waals surface area (Å²) in [6.07, 6.45) is 5.17. The molecule has 0 saturated carbocycles. The first-order chi connectivity index (χ1) is 15.1. The van der Waals surface area contributed by atoms with Gasteiger partial charge in [-0.2, -0.15) is 0 Å². The first-order valence-corrected chi connectivity index (χ1v) is 12.0. The molecule has 0 bridgehead atoms. The highest BCUT2D eigenvalue weighted by atomic mass is 32.2. The van der Waals surface area contributed by atoms with Crippen LogP contribution in [0.15, 0.2) is 58.3 Å². The van der Waals surface area contributed by atoms with Crippen molar-refractivity contribution in [3.05, 3.63) is 48.5 Å². The summed E-state index contributed by atoms with van der Waals surface area (Å²) in [5.74, 6) is 0.340. The molecule has 0 aliphatic rings. The van der Waals surface area contributed by atoms with Gasteiger partial charge >= 0.3 is 12.0 Å². The minimum atomic E-state index is -0.215. The van der Waals surface area contributed by atoms with E-state index >= 15 is 0 Å². The molecule has 0 unspecified atom stereocenters. The lowest BCUT2D eigenvalue weighted by atomic mass is 10.2. The number of carbonyl (C=O) groups is 2. The van der Waals surface area contributed by atoms with E-state index in [-0.39, 0.29) is 12.0 Å². The Morgan fingerprint density at radius 2 is 1.65 bits per heavy atom. The van der Waals surface area contributed by atoms with Gasteiger partial charge in [0.25, 0.3) is 0 Å². The van der Waals surface area contributed by atoms with E-state index in [1.807, 2.05) is 54.3 Å². The van der Waals surface area contributed by atoms with Crippen molar-refractivity contribution in [2.45, 2.75) is 69.1 Å². The van der Waals surface area contributed by atoms with Crippen molar-refractivity contribution in [1.82, 2.24) is 5.32 Å². The quantitative estimate of drug-likeness (QED) is 0.227. The van der Waals surface area contributed by atoms with Gasteiger partial charge in [0.05, 0.1) is 0 Å². The Bertz CT molecular complexity index is 841. The number of urea groups is 1. The van der Waals surface area contributed by atoms with Crippen LogP contribution in [0.5, 0.6) is 5.75 Å². The average Bonchev–Trinajstić information content (AvgIpc) is 2.75. The fraction of sp³-hybridized carbons (Fsp3) is 0.440. The number of hydrogen-bond acceptors (Lipinski definition) is 4. The molecular formula is C25H34N2O3S. The topological polar surface area (TPSA) is 58.6 Å². The molecule has 0 fully saturated rings. The molecule has 0 atom stereocenters. The molecule has 31 heavy (non-hydrogen) atoms. The van der Waals surface area contributed by atoms with Crippen molar-refractivity contribution < 1.29 is 14.3 Å². The van der Waals surface area contributed by atoms with E-state index in [2.05, 4.69) is 19.2 Å². The number of ether oxygens (including phenoxy) is 1. The third kappa shape index (κ3) is 8.66. The van der Waals surface area contributed by atoms with Crippen LogP contribution in [-0.4, -0.2) is 25.1 Å². The van der Waals surface area contributed by atoms with Gasteiger partial charge in [-0.1, -0.05) is 57.5 Å². The van der Waals surface area contributed by atoms with Crippen molar-refractivity contribution >= 4 is 29.4 Å². The Balaban J connectivity index is 2.13. The molecule has 168 valence electrons. The SMILES string of the molecule is CCCCNC(=O)N(CCCC)c1cccc(Sc2cccc(OC(=O)CCC)c2)c1. The largest absolute Gasteiger partial charge is 0.426 e. The maximum absolute atomic E-state index is 12.8. The lowest BCUT2D eigenvalue weighted by Crippen LogP contribution is -2.41. The second kappa shape index (κ2) is 13.8. The molecule has 6 heteroatoms. The molecule has 0 spiro atoms. The number of anilines is 1. The Morgan fingerprint density at radius 3 is 2.35 bits per heavy atom. The van der Waals surface area contributed by atoms with Gasteiger partial charge < -0.3 is 10.1 Å². The molecule has 0 aliphatic carbocycles. The maximum Gasteiger partial charge on any atom is 0.321 e. The fourth-order valence-corrected chi connectivity index (χ4v) is 3.89. The number of amides is 2. The van der Waals surface area contributed by atoms with Crippen molar-refractivity contribution in [2.75, 3.05) is 18.0 Å². The normalized spacial score (nSPS) is 10.5. The third-order valence-corrected chi connectivity index (χ3v) is 5.62. The smallest absolute Gasteiger partial charge is 0.321 e. The zero-order chi connectivity index (χ0) is 22.5. The highest BCUT2D eigenvalue weighted by Crippen LogP contribution is 2.32. The zero-order valence-electron chi connectivity index (χ0n) is 18.9. The van der Waals surface area contributed by atoms with Gasteiger partial charge in [0.2, 0.25) is 0 Å². The summed E-state index contributed by atoms with van der Waals surface area (Å²) in [5, 5.41) is 3.03. The highest BCUT2D eigenvalue weighted by molar-refractivity contribution is 7.99. The molecule has 5 nitrogen and oxygen atoms in total. The van der Waals surface area contributed by atoms with E-state index in [0.717, 1.165) is 47.6 Å². The van der Waals surface area contributed by atoms with Crippen LogP contribution in [0.25, 0.3) is 0 Å². The molecule has 2 aromatic rings. The number of carbonyl (C=O) groups excluding carboxylic acids is 2. The van der Waals surface area contributed by atoms with Crippen LogP contribution in [0.3, 0.4) is 0 Å². The summed E-state index contributed by atoms with van der Waals surface area (Å²) in [6.45, 7) is 7.57. The molecule has 0 saturated heterocycles. The summed E-state index contributed by atoms with van der Waals surface area (Å²) in [7, 11) is 0. The molecule has 0 radical (unpaired) electrons. The van der Waals surface area contributed by atoms with Crippen molar-refractivity contribution in [1.29, 1.82) is 0 Å². The summed E-state index contributed by atoms with van der Waals surface area (Å²) in [6, 6.07) is 15.5. The van der Waals surface area contributed by atoms with Crippen LogP contribution < -0.4 is 15.0 Å². The Kier molecular flexibility index (Phi) is 11.0. The molecule has 1 N–H and O–H groups in total. The lowest BCUT2D eigenvalue weighted by Gasteiger charge is -2.23. The van der Waals surface area contributed by atoms with Crippen LogP contribution >= 0.6 is 11.8 Å². The van der Waals surface area contributed by atoms with Crippen molar-refractivity contribution in [3.8, 4) is 5.75 Å². The van der Waals surface area contributed by atoms with Gasteiger partial charge in [-0.3, -0.25) is 9.69 Å². The van der Waals surface area contributed by atoms with Crippen LogP contribution in [0.1, 0.15) is 59.3 Å². The number of hydrogen-bond donors (Lipinski definition) is 1. The van der Waals surface area contributed by atoms with Gasteiger partial charge in [-0.25, -0.2) is 4.79 Å². The van der Waals surface area contributed by atoms with Gasteiger partial charge in [0.1, 0.15) is 5.75 Å². The van der Waals surface area contributed by atoms with Gasteiger partial charge in [-0.15, -0.1) is 0 Å². The average molecular weight is 443 g/mol. The Morgan fingerprint density at radius 1 is 0.935 bits per heavy atom. The van der Waals surface area contributed by atoms with E-state index in [1.54, 1.807) is 17.8 Å². The molecule has 2 rings (SSSR count). The predicted molar refractivity (Wildman–Crippen MR) is 128 cm³/mol. The minimum absolute atomic E-state index is 0.0473. The molecule has 2 aromatic carbocycles. The fourth-order valence-electron chi connectivity index (χ4n) is 2.97. The predicted octanol–water partition coefficient (Wildman–Crippen LogP) is 6.66. The number of unbranched alkanes of at least 4 members (excludes halogenated alkanes) is 2. The van der Waals surface area contributed by atoms with E-state index in [4.69, 9.17) is 4.74 Å². The molecular weight excluding hydrogens is 408 g/mol. The summed E-state index contributed by atoms with van der Waals surface area (Å²) >= 11 is 1.58. The summed E-state index contributed by atoms with van der Waals surface area (Å²) < 4.78 is 5.40. The summed E-state index contributed by atoms with van der Waals surface area (Å²) in [4.78, 5) is 28.4. The van der Waals surface area contributed by atoms with Crippen molar-refractivity contribution in [3.63, 3.8) is 0 Å². The number of benzene rings is 2. The Hall–Kier alpha value is -2.47. The van der Waals surface area contributed by atoms with Crippen LogP contribution in [-0.2, 0) is 4.79 Å². The zero-order valence-corrected chi connectivity index (χ0v) is 19.7. The van der Waals surface area contributed by atoms with Gasteiger partial charge in [-0.05, 0) is 55.7 Å². The van der Waals surface area contributed by atoms with Gasteiger partial charge in [0, 0.05) is 35.0 Å².